The van der Waals surface area contributed by atoms with Crippen LogP contribution in [0.25, 0.3) is 6.08 Å². The summed E-state index contributed by atoms with van der Waals surface area (Å²) in [5.74, 6) is 0.0229. The Morgan fingerprint density at radius 3 is 2.93 bits per heavy atom. The van der Waals surface area contributed by atoms with Gasteiger partial charge < -0.3 is 14.8 Å². The van der Waals surface area contributed by atoms with Crippen molar-refractivity contribution in [3.8, 4) is 5.75 Å². The monoisotopic (exact) mass is 402 g/mol. The van der Waals surface area contributed by atoms with Crippen LogP contribution in [0.1, 0.15) is 18.4 Å². The number of ether oxygens (including phenoxy) is 2. The zero-order valence-electron chi connectivity index (χ0n) is 15.0. The summed E-state index contributed by atoms with van der Waals surface area (Å²) in [4.78, 5) is 22.9. The van der Waals surface area contributed by atoms with Crippen molar-refractivity contribution in [3.05, 3.63) is 69.2 Å². The number of para-hydroxylation sites is 1. The molecule has 0 aromatic heterocycles. The number of hydrogen-bond acceptors (Lipinski definition) is 5. The second-order valence-corrected chi connectivity index (χ2v) is 6.66. The summed E-state index contributed by atoms with van der Waals surface area (Å²) in [6.45, 7) is 1.12. The highest BCUT2D eigenvalue weighted by Crippen LogP contribution is 2.29. The molecule has 0 bridgehead atoms. The maximum atomic E-state index is 12.3. The Morgan fingerprint density at radius 2 is 2.18 bits per heavy atom. The van der Waals surface area contributed by atoms with Crippen molar-refractivity contribution in [3.63, 3.8) is 0 Å². The molecular formula is C20H19ClN2O5. The van der Waals surface area contributed by atoms with E-state index in [-0.39, 0.29) is 11.8 Å². The number of benzene rings is 2. The molecule has 0 spiro atoms. The van der Waals surface area contributed by atoms with Crippen LogP contribution in [-0.2, 0) is 9.53 Å². The highest BCUT2D eigenvalue weighted by Gasteiger charge is 2.17. The van der Waals surface area contributed by atoms with E-state index in [1.807, 2.05) is 0 Å². The van der Waals surface area contributed by atoms with E-state index >= 15 is 0 Å². The number of nitro groups is 1. The van der Waals surface area contributed by atoms with E-state index < -0.39 is 10.8 Å². The minimum atomic E-state index is -0.494. The van der Waals surface area contributed by atoms with E-state index in [1.54, 1.807) is 36.4 Å². The second-order valence-electron chi connectivity index (χ2n) is 6.23. The fourth-order valence-electron chi connectivity index (χ4n) is 2.82. The number of hydrogen-bond donors (Lipinski definition) is 1. The van der Waals surface area contributed by atoms with Crippen molar-refractivity contribution < 1.29 is 19.2 Å². The third-order valence-electron chi connectivity index (χ3n) is 4.20. The second kappa shape index (κ2) is 9.34. The Balaban J connectivity index is 1.69. The number of nitrogens with one attached hydrogen (secondary N) is 1. The minimum Gasteiger partial charge on any atom is -0.489 e. The van der Waals surface area contributed by atoms with Crippen LogP contribution in [0.15, 0.2) is 48.5 Å². The van der Waals surface area contributed by atoms with Crippen LogP contribution in [0.4, 0.5) is 11.4 Å². The van der Waals surface area contributed by atoms with Crippen molar-refractivity contribution in [1.82, 2.24) is 0 Å². The normalized spacial score (nSPS) is 16.2. The van der Waals surface area contributed by atoms with E-state index in [1.165, 1.54) is 18.2 Å². The van der Waals surface area contributed by atoms with Crippen LogP contribution in [0.5, 0.6) is 5.75 Å². The minimum absolute atomic E-state index is 0.0396. The van der Waals surface area contributed by atoms with Gasteiger partial charge in [-0.3, -0.25) is 14.9 Å². The summed E-state index contributed by atoms with van der Waals surface area (Å²) >= 11 is 6.03. The Bertz CT molecular complexity index is 894. The number of nitrogens with zero attached hydrogens (tertiary/aromatic N) is 1. The predicted molar refractivity (Wildman–Crippen MR) is 107 cm³/mol. The summed E-state index contributed by atoms with van der Waals surface area (Å²) in [6, 6.07) is 11.1. The van der Waals surface area contributed by atoms with Gasteiger partial charge in [0.15, 0.2) is 0 Å². The van der Waals surface area contributed by atoms with Crippen LogP contribution in [0, 0.1) is 10.1 Å². The van der Waals surface area contributed by atoms with Crippen LogP contribution in [0.2, 0.25) is 5.02 Å². The molecule has 7 nitrogen and oxygen atoms in total. The van der Waals surface area contributed by atoms with E-state index in [2.05, 4.69) is 5.32 Å². The van der Waals surface area contributed by atoms with E-state index in [4.69, 9.17) is 21.1 Å². The molecule has 0 saturated carbocycles. The van der Waals surface area contributed by atoms with Gasteiger partial charge in [-0.1, -0.05) is 23.7 Å². The molecule has 1 saturated heterocycles. The number of halogens is 1. The summed E-state index contributed by atoms with van der Waals surface area (Å²) in [6.07, 6.45) is 4.61. The molecule has 1 fully saturated rings. The first-order chi connectivity index (χ1) is 13.5. The maximum absolute atomic E-state index is 12.3. The van der Waals surface area contributed by atoms with Gasteiger partial charge in [0.05, 0.1) is 22.3 Å². The van der Waals surface area contributed by atoms with Gasteiger partial charge in [-0.25, -0.2) is 0 Å². The average Bonchev–Trinajstić information content (AvgIpc) is 3.19. The molecule has 1 atom stereocenters. The largest absolute Gasteiger partial charge is 0.489 e. The quantitative estimate of drug-likeness (QED) is 0.419. The SMILES string of the molecule is O=C(C=Cc1ccccc1[N+](=O)[O-])Nc1cc(Cl)ccc1OCC1CCCO1. The van der Waals surface area contributed by atoms with E-state index in [0.717, 1.165) is 19.4 Å². The van der Waals surface area contributed by atoms with Crippen LogP contribution < -0.4 is 10.1 Å². The van der Waals surface area contributed by atoms with Crippen molar-refractivity contribution in [2.45, 2.75) is 18.9 Å². The lowest BCUT2D eigenvalue weighted by molar-refractivity contribution is -0.385. The summed E-state index contributed by atoms with van der Waals surface area (Å²) in [5.41, 5.74) is 0.682. The first-order valence-electron chi connectivity index (χ1n) is 8.79. The molecule has 1 unspecified atom stereocenters. The van der Waals surface area contributed by atoms with Crippen LogP contribution in [-0.4, -0.2) is 30.1 Å². The molecule has 3 rings (SSSR count). The van der Waals surface area contributed by atoms with Gasteiger partial charge in [0.2, 0.25) is 5.91 Å². The van der Waals surface area contributed by atoms with Gasteiger partial charge in [-0.2, -0.15) is 0 Å². The first kappa shape index (κ1) is 19.9. The lowest BCUT2D eigenvalue weighted by Crippen LogP contribution is -2.17. The Hall–Kier alpha value is -2.90. The van der Waals surface area contributed by atoms with Gasteiger partial charge in [0, 0.05) is 23.8 Å². The Morgan fingerprint density at radius 1 is 1.36 bits per heavy atom. The molecule has 1 aliphatic rings. The lowest BCUT2D eigenvalue weighted by Gasteiger charge is -2.15. The van der Waals surface area contributed by atoms with Crippen molar-refractivity contribution in [2.24, 2.45) is 0 Å². The van der Waals surface area contributed by atoms with E-state index in [9.17, 15) is 14.9 Å². The molecule has 2 aromatic rings. The van der Waals surface area contributed by atoms with E-state index in [0.29, 0.717) is 28.6 Å². The van der Waals surface area contributed by atoms with Crippen LogP contribution >= 0.6 is 11.6 Å². The molecule has 1 aliphatic heterocycles. The summed E-state index contributed by atoms with van der Waals surface area (Å²) < 4.78 is 11.3. The van der Waals surface area contributed by atoms with Gasteiger partial charge in [0.1, 0.15) is 12.4 Å². The fourth-order valence-corrected chi connectivity index (χ4v) is 2.99. The van der Waals surface area contributed by atoms with Crippen molar-refractivity contribution >= 4 is 35.0 Å². The lowest BCUT2D eigenvalue weighted by atomic mass is 10.1. The van der Waals surface area contributed by atoms with Gasteiger partial charge in [-0.15, -0.1) is 0 Å². The van der Waals surface area contributed by atoms with Gasteiger partial charge in [0.25, 0.3) is 5.69 Å². The Labute approximate surface area is 167 Å². The molecule has 0 radical (unpaired) electrons. The van der Waals surface area contributed by atoms with Gasteiger partial charge >= 0.3 is 0 Å². The number of carbonyl (C=O) groups is 1. The highest BCUT2D eigenvalue weighted by atomic mass is 35.5. The average molecular weight is 403 g/mol. The molecule has 28 heavy (non-hydrogen) atoms. The predicted octanol–water partition coefficient (Wildman–Crippen LogP) is 4.46. The molecule has 1 amide bonds. The third kappa shape index (κ3) is 5.31. The standard InChI is InChI=1S/C20H19ClN2O5/c21-15-8-9-19(28-13-16-5-3-11-27-16)17(12-15)22-20(24)10-7-14-4-1-2-6-18(14)23(25)26/h1-2,4,6-10,12,16H,3,5,11,13H2,(H,22,24). The summed E-state index contributed by atoms with van der Waals surface area (Å²) in [7, 11) is 0. The molecule has 1 heterocycles. The number of rotatable bonds is 7. The van der Waals surface area contributed by atoms with Crippen LogP contribution in [0.3, 0.4) is 0 Å². The zero-order valence-corrected chi connectivity index (χ0v) is 15.7. The molecule has 2 aromatic carbocycles. The maximum Gasteiger partial charge on any atom is 0.276 e. The topological polar surface area (TPSA) is 90.7 Å². The van der Waals surface area contributed by atoms with Crippen molar-refractivity contribution in [1.29, 1.82) is 0 Å². The number of anilines is 1. The number of amides is 1. The fraction of sp³-hybridized carbons (Fsp3) is 0.250. The number of nitro benzene ring substituents is 1. The molecule has 1 N–H and O–H groups in total. The smallest absolute Gasteiger partial charge is 0.276 e. The third-order valence-corrected chi connectivity index (χ3v) is 4.43. The summed E-state index contributed by atoms with van der Waals surface area (Å²) in [5, 5.41) is 14.2. The van der Waals surface area contributed by atoms with Crippen molar-refractivity contribution in [2.75, 3.05) is 18.5 Å². The zero-order chi connectivity index (χ0) is 19.9. The molecule has 8 heteroatoms. The molecule has 146 valence electrons. The highest BCUT2D eigenvalue weighted by molar-refractivity contribution is 6.31. The molecule has 0 aliphatic carbocycles. The Kier molecular flexibility index (Phi) is 6.62. The number of carbonyl (C=O) groups excluding carboxylic acids is 1. The van der Waals surface area contributed by atoms with Gasteiger partial charge in [-0.05, 0) is 43.2 Å². The first-order valence-corrected chi connectivity index (χ1v) is 9.17. The molecular weight excluding hydrogens is 384 g/mol.